The van der Waals surface area contributed by atoms with E-state index in [1.54, 1.807) is 0 Å². The first-order valence-corrected chi connectivity index (χ1v) is 5.73. The smallest absolute Gasteiger partial charge is 0.326 e. The Balaban J connectivity index is 4.28. The van der Waals surface area contributed by atoms with E-state index < -0.39 is 23.9 Å². The quantitative estimate of drug-likeness (QED) is 0.478. The molecule has 104 valence electrons. The fraction of sp³-hybridized carbons (Fsp3) is 0.727. The Kier molecular flexibility index (Phi) is 6.96. The van der Waals surface area contributed by atoms with Gasteiger partial charge in [-0.15, -0.1) is 0 Å². The zero-order chi connectivity index (χ0) is 14.3. The van der Waals surface area contributed by atoms with Crippen molar-refractivity contribution in [3.05, 3.63) is 0 Å². The van der Waals surface area contributed by atoms with Crippen LogP contribution in [0.4, 0.5) is 0 Å². The Morgan fingerprint density at radius 3 is 2.17 bits per heavy atom. The summed E-state index contributed by atoms with van der Waals surface area (Å²) in [6.07, 6.45) is -0.435. The Hall–Kier alpha value is -1.63. The van der Waals surface area contributed by atoms with Crippen molar-refractivity contribution >= 4 is 17.8 Å². The third kappa shape index (κ3) is 6.85. The molecule has 0 aromatic carbocycles. The second-order valence-corrected chi connectivity index (χ2v) is 4.50. The summed E-state index contributed by atoms with van der Waals surface area (Å²) in [5.41, 5.74) is 5.69. The average Bonchev–Trinajstić information content (AvgIpc) is 2.23. The standard InChI is InChI=1S/C11H20N2O5/c1-6(2)7(12)5-9(14)13-8(11(17)18)3-4-10(15)16/h6-8H,3-5,12H2,1-2H3,(H,13,14)(H,15,16)(H,17,18). The summed E-state index contributed by atoms with van der Waals surface area (Å²) in [6.45, 7) is 3.72. The van der Waals surface area contributed by atoms with Crippen LogP contribution in [-0.4, -0.2) is 40.1 Å². The van der Waals surface area contributed by atoms with Crippen LogP contribution in [0.25, 0.3) is 0 Å². The molecule has 2 atom stereocenters. The number of carbonyl (C=O) groups is 3. The van der Waals surface area contributed by atoms with Crippen molar-refractivity contribution in [2.45, 2.75) is 45.2 Å². The lowest BCUT2D eigenvalue weighted by Gasteiger charge is -2.18. The molecule has 0 aliphatic carbocycles. The lowest BCUT2D eigenvalue weighted by molar-refractivity contribution is -0.143. The summed E-state index contributed by atoms with van der Waals surface area (Å²) in [7, 11) is 0. The average molecular weight is 260 g/mol. The highest BCUT2D eigenvalue weighted by atomic mass is 16.4. The van der Waals surface area contributed by atoms with Crippen LogP contribution in [0.2, 0.25) is 0 Å². The van der Waals surface area contributed by atoms with Gasteiger partial charge >= 0.3 is 11.9 Å². The Bertz CT molecular complexity index is 317. The van der Waals surface area contributed by atoms with Crippen molar-refractivity contribution in [2.24, 2.45) is 11.7 Å². The third-order valence-electron chi connectivity index (χ3n) is 2.56. The molecule has 0 aliphatic rings. The van der Waals surface area contributed by atoms with Crippen LogP contribution in [0.3, 0.4) is 0 Å². The second kappa shape index (κ2) is 7.65. The maximum Gasteiger partial charge on any atom is 0.326 e. The number of amides is 1. The first-order valence-electron chi connectivity index (χ1n) is 5.73. The Labute approximate surface area is 105 Å². The third-order valence-corrected chi connectivity index (χ3v) is 2.56. The van der Waals surface area contributed by atoms with Gasteiger partial charge in [-0.3, -0.25) is 9.59 Å². The monoisotopic (exact) mass is 260 g/mol. The van der Waals surface area contributed by atoms with E-state index >= 15 is 0 Å². The van der Waals surface area contributed by atoms with E-state index in [2.05, 4.69) is 5.32 Å². The largest absolute Gasteiger partial charge is 0.481 e. The molecule has 0 aromatic rings. The molecule has 0 saturated carbocycles. The molecule has 0 spiro atoms. The maximum atomic E-state index is 11.5. The lowest BCUT2D eigenvalue weighted by atomic mass is 10.0. The zero-order valence-corrected chi connectivity index (χ0v) is 10.5. The van der Waals surface area contributed by atoms with Crippen LogP contribution in [0, 0.1) is 5.92 Å². The highest BCUT2D eigenvalue weighted by Crippen LogP contribution is 2.04. The molecule has 0 aliphatic heterocycles. The summed E-state index contributed by atoms with van der Waals surface area (Å²) in [5, 5.41) is 19.6. The van der Waals surface area contributed by atoms with E-state index in [1.165, 1.54) is 0 Å². The van der Waals surface area contributed by atoms with E-state index in [9.17, 15) is 14.4 Å². The number of carboxylic acids is 2. The first-order chi connectivity index (χ1) is 8.23. The van der Waals surface area contributed by atoms with Crippen molar-refractivity contribution < 1.29 is 24.6 Å². The molecule has 0 heterocycles. The number of hydrogen-bond acceptors (Lipinski definition) is 4. The number of aliphatic carboxylic acids is 2. The first kappa shape index (κ1) is 16.4. The van der Waals surface area contributed by atoms with Crippen molar-refractivity contribution in [1.29, 1.82) is 0 Å². The summed E-state index contributed by atoms with van der Waals surface area (Å²) < 4.78 is 0. The molecule has 0 saturated heterocycles. The van der Waals surface area contributed by atoms with Gasteiger partial charge < -0.3 is 21.3 Å². The minimum absolute atomic E-state index is 0.0223. The van der Waals surface area contributed by atoms with Gasteiger partial charge in [0.1, 0.15) is 6.04 Å². The topological polar surface area (TPSA) is 130 Å². The van der Waals surface area contributed by atoms with E-state index in [-0.39, 0.29) is 31.2 Å². The summed E-state index contributed by atoms with van der Waals surface area (Å²) >= 11 is 0. The fourth-order valence-corrected chi connectivity index (χ4v) is 1.23. The van der Waals surface area contributed by atoms with Gasteiger partial charge in [0.15, 0.2) is 0 Å². The Morgan fingerprint density at radius 1 is 1.22 bits per heavy atom. The predicted molar refractivity (Wildman–Crippen MR) is 63.9 cm³/mol. The number of rotatable bonds is 8. The van der Waals surface area contributed by atoms with Gasteiger partial charge in [-0.2, -0.15) is 0 Å². The normalized spacial score (nSPS) is 14.0. The van der Waals surface area contributed by atoms with Gasteiger partial charge in [-0.1, -0.05) is 13.8 Å². The molecule has 7 nitrogen and oxygen atoms in total. The van der Waals surface area contributed by atoms with Crippen molar-refractivity contribution in [1.82, 2.24) is 5.32 Å². The highest BCUT2D eigenvalue weighted by molar-refractivity contribution is 5.84. The zero-order valence-electron chi connectivity index (χ0n) is 10.5. The number of nitrogens with two attached hydrogens (primary N) is 1. The molecule has 0 bridgehead atoms. The minimum atomic E-state index is -1.25. The van der Waals surface area contributed by atoms with Crippen LogP contribution in [-0.2, 0) is 14.4 Å². The number of carboxylic acid groups (broad SMARTS) is 2. The second-order valence-electron chi connectivity index (χ2n) is 4.50. The molecule has 0 rings (SSSR count). The number of carbonyl (C=O) groups excluding carboxylic acids is 1. The predicted octanol–water partition coefficient (Wildman–Crippen LogP) is -0.206. The Morgan fingerprint density at radius 2 is 1.78 bits per heavy atom. The molecule has 18 heavy (non-hydrogen) atoms. The molecule has 7 heteroatoms. The van der Waals surface area contributed by atoms with E-state index in [0.717, 1.165) is 0 Å². The van der Waals surface area contributed by atoms with E-state index in [0.29, 0.717) is 0 Å². The van der Waals surface area contributed by atoms with E-state index in [4.69, 9.17) is 15.9 Å². The van der Waals surface area contributed by atoms with Gasteiger partial charge in [0.2, 0.25) is 5.91 Å². The van der Waals surface area contributed by atoms with Gasteiger partial charge in [-0.25, -0.2) is 4.79 Å². The highest BCUT2D eigenvalue weighted by Gasteiger charge is 2.22. The summed E-state index contributed by atoms with van der Waals surface area (Å²) in [5.74, 6) is -2.72. The molecule has 5 N–H and O–H groups in total. The van der Waals surface area contributed by atoms with Crippen molar-refractivity contribution in [3.8, 4) is 0 Å². The fourth-order valence-electron chi connectivity index (χ4n) is 1.23. The van der Waals surface area contributed by atoms with Crippen LogP contribution >= 0.6 is 0 Å². The molecule has 2 unspecified atom stereocenters. The molecular weight excluding hydrogens is 240 g/mol. The molecule has 0 aromatic heterocycles. The van der Waals surface area contributed by atoms with Crippen molar-refractivity contribution in [3.63, 3.8) is 0 Å². The maximum absolute atomic E-state index is 11.5. The van der Waals surface area contributed by atoms with Gasteiger partial charge in [0.05, 0.1) is 0 Å². The van der Waals surface area contributed by atoms with Crippen LogP contribution in [0.1, 0.15) is 33.1 Å². The van der Waals surface area contributed by atoms with Gasteiger partial charge in [0.25, 0.3) is 0 Å². The molecular formula is C11H20N2O5. The number of hydrogen-bond donors (Lipinski definition) is 4. The van der Waals surface area contributed by atoms with Crippen molar-refractivity contribution in [2.75, 3.05) is 0 Å². The van der Waals surface area contributed by atoms with E-state index in [1.807, 2.05) is 13.8 Å². The lowest BCUT2D eigenvalue weighted by Crippen LogP contribution is -2.43. The van der Waals surface area contributed by atoms with Crippen LogP contribution in [0.15, 0.2) is 0 Å². The molecule has 0 fully saturated rings. The molecule has 1 amide bonds. The number of nitrogens with one attached hydrogen (secondary N) is 1. The molecule has 0 radical (unpaired) electrons. The summed E-state index contributed by atoms with van der Waals surface area (Å²) in [4.78, 5) is 32.7. The van der Waals surface area contributed by atoms with Crippen LogP contribution in [0.5, 0.6) is 0 Å². The van der Waals surface area contributed by atoms with Gasteiger partial charge in [-0.05, 0) is 12.3 Å². The SMILES string of the molecule is CC(C)C(N)CC(=O)NC(CCC(=O)O)C(=O)O. The van der Waals surface area contributed by atoms with Crippen LogP contribution < -0.4 is 11.1 Å². The summed E-state index contributed by atoms with van der Waals surface area (Å²) in [6, 6.07) is -1.54. The van der Waals surface area contributed by atoms with Gasteiger partial charge in [0, 0.05) is 18.9 Å². The minimum Gasteiger partial charge on any atom is -0.481 e.